The predicted molar refractivity (Wildman–Crippen MR) is 120 cm³/mol. The zero-order valence-electron chi connectivity index (χ0n) is 17.8. The molecule has 1 aliphatic rings. The predicted octanol–water partition coefficient (Wildman–Crippen LogP) is 4.11. The molecule has 0 saturated carbocycles. The van der Waals surface area contributed by atoms with Gasteiger partial charge in [0.15, 0.2) is 0 Å². The maximum atomic E-state index is 12.5. The van der Waals surface area contributed by atoms with Crippen LogP contribution in [0.1, 0.15) is 29.0 Å². The minimum absolute atomic E-state index is 0.0256. The second-order valence-corrected chi connectivity index (χ2v) is 7.71. The smallest absolute Gasteiger partial charge is 0.407 e. The summed E-state index contributed by atoms with van der Waals surface area (Å²) >= 11 is 0. The maximum absolute atomic E-state index is 12.5. The summed E-state index contributed by atoms with van der Waals surface area (Å²) in [6.07, 6.45) is -1.49. The summed E-state index contributed by atoms with van der Waals surface area (Å²) in [6.45, 7) is 0.0286. The molecule has 0 fully saturated rings. The molecule has 4 rings (SSSR count). The lowest BCUT2D eigenvalue weighted by molar-refractivity contribution is -0.151. The first-order chi connectivity index (χ1) is 16.0. The number of rotatable bonds is 8. The molecule has 0 spiro atoms. The first-order valence-corrected chi connectivity index (χ1v) is 10.6. The number of hydrogen-bond donors (Lipinski definition) is 2. The molecule has 3 aromatic rings. The molecule has 2 N–H and O–H groups in total. The van der Waals surface area contributed by atoms with Gasteiger partial charge in [-0.1, -0.05) is 78.9 Å². The SMILES string of the molecule is O=C(O)C[C@H](NC(=O)OCC1c2ccccc2-c2ccccc21)C(=O)OCc1ccccc1. The Labute approximate surface area is 191 Å². The van der Waals surface area contributed by atoms with Crippen LogP contribution >= 0.6 is 0 Å². The van der Waals surface area contributed by atoms with Crippen molar-refractivity contribution in [3.8, 4) is 11.1 Å². The Balaban J connectivity index is 1.39. The van der Waals surface area contributed by atoms with Crippen molar-refractivity contribution >= 4 is 18.0 Å². The van der Waals surface area contributed by atoms with Crippen LogP contribution < -0.4 is 5.32 Å². The normalized spacial score (nSPS) is 12.8. The lowest BCUT2D eigenvalue weighted by Gasteiger charge is -2.18. The molecule has 1 amide bonds. The van der Waals surface area contributed by atoms with E-state index in [0.29, 0.717) is 0 Å². The molecule has 7 nitrogen and oxygen atoms in total. The molecular formula is C26H23NO6. The van der Waals surface area contributed by atoms with Crippen LogP contribution in [0.3, 0.4) is 0 Å². The van der Waals surface area contributed by atoms with E-state index in [2.05, 4.69) is 5.32 Å². The van der Waals surface area contributed by atoms with E-state index in [1.54, 1.807) is 24.3 Å². The molecule has 0 saturated heterocycles. The Morgan fingerprint density at radius 2 is 1.39 bits per heavy atom. The second-order valence-electron chi connectivity index (χ2n) is 7.71. The minimum atomic E-state index is -1.36. The van der Waals surface area contributed by atoms with Crippen molar-refractivity contribution in [3.63, 3.8) is 0 Å². The van der Waals surface area contributed by atoms with Crippen molar-refractivity contribution in [2.45, 2.75) is 25.0 Å². The number of fused-ring (bicyclic) bond motifs is 3. The number of amides is 1. The van der Waals surface area contributed by atoms with Gasteiger partial charge in [-0.25, -0.2) is 9.59 Å². The number of benzene rings is 3. The number of ether oxygens (including phenoxy) is 2. The van der Waals surface area contributed by atoms with E-state index in [0.717, 1.165) is 27.8 Å². The van der Waals surface area contributed by atoms with Crippen LogP contribution in [0, 0.1) is 0 Å². The Bertz CT molecular complexity index is 1110. The Morgan fingerprint density at radius 1 is 0.818 bits per heavy atom. The molecule has 1 atom stereocenters. The zero-order chi connectivity index (χ0) is 23.2. The van der Waals surface area contributed by atoms with Gasteiger partial charge >= 0.3 is 18.0 Å². The van der Waals surface area contributed by atoms with Crippen LogP contribution in [0.25, 0.3) is 11.1 Å². The Kier molecular flexibility index (Phi) is 6.69. The summed E-state index contributed by atoms with van der Waals surface area (Å²) < 4.78 is 10.6. The van der Waals surface area contributed by atoms with Gasteiger partial charge in [-0.05, 0) is 27.8 Å². The topological polar surface area (TPSA) is 102 Å². The van der Waals surface area contributed by atoms with E-state index < -0.39 is 30.5 Å². The Hall–Kier alpha value is -4.13. The van der Waals surface area contributed by atoms with Crippen LogP contribution in [0.5, 0.6) is 0 Å². The van der Waals surface area contributed by atoms with Gasteiger partial charge < -0.3 is 19.9 Å². The largest absolute Gasteiger partial charge is 0.481 e. The average Bonchev–Trinajstić information content (AvgIpc) is 3.15. The van der Waals surface area contributed by atoms with Gasteiger partial charge in [-0.15, -0.1) is 0 Å². The van der Waals surface area contributed by atoms with E-state index >= 15 is 0 Å². The fourth-order valence-electron chi connectivity index (χ4n) is 3.98. The highest BCUT2D eigenvalue weighted by molar-refractivity contribution is 5.86. The number of alkyl carbamates (subject to hydrolysis) is 1. The van der Waals surface area contributed by atoms with Crippen molar-refractivity contribution < 1.29 is 29.0 Å². The molecule has 0 aliphatic heterocycles. The number of nitrogens with one attached hydrogen (secondary N) is 1. The molecule has 0 unspecified atom stereocenters. The van der Waals surface area contributed by atoms with Gasteiger partial charge in [0.05, 0.1) is 6.42 Å². The first-order valence-electron chi connectivity index (χ1n) is 10.6. The van der Waals surface area contributed by atoms with Crippen LogP contribution in [-0.2, 0) is 25.7 Å². The molecule has 1 aliphatic carbocycles. The summed E-state index contributed by atoms with van der Waals surface area (Å²) in [5, 5.41) is 11.5. The number of esters is 1. The summed E-state index contributed by atoms with van der Waals surface area (Å²) in [5.74, 6) is -2.23. The first kappa shape index (κ1) is 22.1. The summed E-state index contributed by atoms with van der Waals surface area (Å²) in [6, 6.07) is 23.5. The average molecular weight is 445 g/mol. The maximum Gasteiger partial charge on any atom is 0.407 e. The monoisotopic (exact) mass is 445 g/mol. The molecular weight excluding hydrogens is 422 g/mol. The van der Waals surface area contributed by atoms with Crippen LogP contribution in [-0.4, -0.2) is 35.8 Å². The van der Waals surface area contributed by atoms with Crippen molar-refractivity contribution in [1.29, 1.82) is 0 Å². The van der Waals surface area contributed by atoms with Crippen molar-refractivity contribution in [1.82, 2.24) is 5.32 Å². The van der Waals surface area contributed by atoms with Gasteiger partial charge in [0.2, 0.25) is 0 Å². The molecule has 0 heterocycles. The number of carboxylic acid groups (broad SMARTS) is 1. The van der Waals surface area contributed by atoms with Crippen molar-refractivity contribution in [3.05, 3.63) is 95.6 Å². The molecule has 168 valence electrons. The summed E-state index contributed by atoms with van der Waals surface area (Å²) in [7, 11) is 0. The third-order valence-corrected chi connectivity index (χ3v) is 5.52. The van der Waals surface area contributed by atoms with Gasteiger partial charge in [0.25, 0.3) is 0 Å². The number of aliphatic carboxylic acids is 1. The van der Waals surface area contributed by atoms with Gasteiger partial charge in [-0.3, -0.25) is 4.79 Å². The van der Waals surface area contributed by atoms with E-state index in [1.807, 2.05) is 54.6 Å². The highest BCUT2D eigenvalue weighted by atomic mass is 16.6. The third-order valence-electron chi connectivity index (χ3n) is 5.52. The molecule has 33 heavy (non-hydrogen) atoms. The summed E-state index contributed by atoms with van der Waals surface area (Å²) in [5.41, 5.74) is 5.04. The Morgan fingerprint density at radius 3 is 2.00 bits per heavy atom. The highest BCUT2D eigenvalue weighted by Gasteiger charge is 2.30. The van der Waals surface area contributed by atoms with Crippen LogP contribution in [0.15, 0.2) is 78.9 Å². The number of carboxylic acids is 1. The van der Waals surface area contributed by atoms with Gasteiger partial charge in [-0.2, -0.15) is 0 Å². The van der Waals surface area contributed by atoms with E-state index in [4.69, 9.17) is 14.6 Å². The fourth-order valence-corrected chi connectivity index (χ4v) is 3.98. The number of hydrogen-bond acceptors (Lipinski definition) is 5. The lowest BCUT2D eigenvalue weighted by Crippen LogP contribution is -2.43. The van der Waals surface area contributed by atoms with E-state index in [9.17, 15) is 14.4 Å². The van der Waals surface area contributed by atoms with Gasteiger partial charge in [0, 0.05) is 5.92 Å². The molecule has 7 heteroatoms. The lowest BCUT2D eigenvalue weighted by atomic mass is 9.98. The molecule has 0 aromatic heterocycles. The van der Waals surface area contributed by atoms with Gasteiger partial charge in [0.1, 0.15) is 19.3 Å². The molecule has 0 radical (unpaired) electrons. The molecule has 0 bridgehead atoms. The standard InChI is InChI=1S/C26H23NO6/c28-24(29)14-23(25(30)32-15-17-8-2-1-3-9-17)27-26(31)33-16-22-20-12-6-4-10-18(20)19-11-5-7-13-21(19)22/h1-13,22-23H,14-16H2,(H,27,31)(H,28,29)/t23-/m0/s1. The quantitative estimate of drug-likeness (QED) is 0.506. The molecule has 3 aromatic carbocycles. The number of carbonyl (C=O) groups excluding carboxylic acids is 2. The third kappa shape index (κ3) is 5.20. The van der Waals surface area contributed by atoms with Crippen molar-refractivity contribution in [2.75, 3.05) is 6.61 Å². The minimum Gasteiger partial charge on any atom is -0.481 e. The summed E-state index contributed by atoms with van der Waals surface area (Å²) in [4.78, 5) is 36.1. The van der Waals surface area contributed by atoms with Crippen molar-refractivity contribution in [2.24, 2.45) is 0 Å². The number of carbonyl (C=O) groups is 3. The van der Waals surface area contributed by atoms with E-state index in [1.165, 1.54) is 0 Å². The fraction of sp³-hybridized carbons (Fsp3) is 0.192. The zero-order valence-corrected chi connectivity index (χ0v) is 17.8. The second kappa shape index (κ2) is 9.99. The van der Waals surface area contributed by atoms with Crippen LogP contribution in [0.2, 0.25) is 0 Å². The van der Waals surface area contributed by atoms with Crippen LogP contribution in [0.4, 0.5) is 4.79 Å². The van der Waals surface area contributed by atoms with E-state index in [-0.39, 0.29) is 19.1 Å². The highest BCUT2D eigenvalue weighted by Crippen LogP contribution is 2.44.